The number of phosphoric acid groups is 1. The smallest absolute Gasteiger partial charge is 0.395 e. The molecule has 154 valence electrons. The van der Waals surface area contributed by atoms with E-state index < -0.39 is 16.4 Å². The fourth-order valence-corrected chi connectivity index (χ4v) is 4.72. The van der Waals surface area contributed by atoms with Gasteiger partial charge in [0, 0.05) is 0 Å². The van der Waals surface area contributed by atoms with E-state index in [1.165, 1.54) is 0 Å². The van der Waals surface area contributed by atoms with Crippen LogP contribution in [0.25, 0.3) is 0 Å². The van der Waals surface area contributed by atoms with Gasteiger partial charge in [0.1, 0.15) is 11.5 Å². The second-order valence-electron chi connectivity index (χ2n) is 6.29. The molecule has 0 aliphatic rings. The maximum atomic E-state index is 13.2. The van der Waals surface area contributed by atoms with Crippen LogP contribution in [0.5, 0.6) is 11.5 Å². The third-order valence-electron chi connectivity index (χ3n) is 4.05. The minimum atomic E-state index is -4.16. The van der Waals surface area contributed by atoms with Crippen molar-refractivity contribution in [3.05, 3.63) is 60.7 Å². The van der Waals surface area contributed by atoms with E-state index in [1.54, 1.807) is 60.7 Å². The maximum absolute atomic E-state index is 13.2. The molecule has 0 spiro atoms. The van der Waals surface area contributed by atoms with Crippen LogP contribution in [0.15, 0.2) is 60.7 Å². The first-order valence-electron chi connectivity index (χ1n) is 9.45. The first-order valence-corrected chi connectivity index (χ1v) is 12.0. The van der Waals surface area contributed by atoms with Gasteiger partial charge >= 0.3 is 16.4 Å². The Morgan fingerprint density at radius 1 is 0.964 bits per heavy atom. The number of rotatable bonds is 13. The summed E-state index contributed by atoms with van der Waals surface area (Å²) < 4.78 is 34.8. The molecule has 0 saturated heterocycles. The van der Waals surface area contributed by atoms with Crippen molar-refractivity contribution in [2.45, 2.75) is 39.5 Å². The number of para-hydroxylation sites is 2. The van der Waals surface area contributed by atoms with E-state index in [4.69, 9.17) is 17.9 Å². The lowest BCUT2D eigenvalue weighted by Gasteiger charge is -2.21. The highest BCUT2D eigenvalue weighted by Gasteiger charge is 2.36. The highest BCUT2D eigenvalue weighted by molar-refractivity contribution is 7.59. The number of hydrogen-bond donors (Lipinski definition) is 1. The van der Waals surface area contributed by atoms with E-state index in [9.17, 15) is 9.46 Å². The van der Waals surface area contributed by atoms with Gasteiger partial charge in [-0.3, -0.25) is 0 Å². The average Bonchev–Trinajstić information content (AvgIpc) is 2.69. The van der Waals surface area contributed by atoms with E-state index in [0.717, 1.165) is 25.7 Å². The normalized spacial score (nSPS) is 13.7. The quantitative estimate of drug-likeness (QED) is 0.358. The molecule has 28 heavy (non-hydrogen) atoms. The van der Waals surface area contributed by atoms with Crippen molar-refractivity contribution in [2.75, 3.05) is 6.61 Å². The fourth-order valence-electron chi connectivity index (χ4n) is 2.45. The lowest BCUT2D eigenvalue weighted by molar-refractivity contribution is 0.191. The second-order valence-corrected chi connectivity index (χ2v) is 8.93. The summed E-state index contributed by atoms with van der Waals surface area (Å²) in [7, 11) is -6.58. The Morgan fingerprint density at radius 3 is 1.96 bits per heavy atom. The summed E-state index contributed by atoms with van der Waals surface area (Å²) in [5, 5.41) is 0. The summed E-state index contributed by atoms with van der Waals surface area (Å²) in [5.74, 6) is 0.921. The molecule has 0 amide bonds. The monoisotopic (exact) mass is 426 g/mol. The summed E-state index contributed by atoms with van der Waals surface area (Å²) in [6.45, 7) is 4.54. The predicted molar refractivity (Wildman–Crippen MR) is 111 cm³/mol. The summed E-state index contributed by atoms with van der Waals surface area (Å²) in [6.07, 6.45) is 4.14. The van der Waals surface area contributed by atoms with Gasteiger partial charge in [-0.05, 0) is 36.6 Å². The second kappa shape index (κ2) is 12.2. The molecule has 0 aliphatic heterocycles. The molecule has 8 heteroatoms. The number of benzene rings is 2. The van der Waals surface area contributed by atoms with E-state index in [2.05, 4.69) is 13.8 Å². The van der Waals surface area contributed by atoms with Crippen molar-refractivity contribution in [1.29, 1.82) is 0 Å². The van der Waals surface area contributed by atoms with Gasteiger partial charge in [0.15, 0.2) is 0 Å². The Kier molecular flexibility index (Phi) is 9.97. The van der Waals surface area contributed by atoms with Crippen molar-refractivity contribution in [1.82, 2.24) is 0 Å². The number of hydrogen-bond acceptors (Lipinski definition) is 6. The number of unbranched alkanes of at least 4 members (excludes halogenated alkanes) is 1. The molecule has 0 bridgehead atoms. The molecule has 2 unspecified atom stereocenters. The fraction of sp³-hybridized carbons (Fsp3) is 0.400. The van der Waals surface area contributed by atoms with Crippen LogP contribution in [-0.2, 0) is 13.4 Å². The van der Waals surface area contributed by atoms with Crippen molar-refractivity contribution in [2.24, 2.45) is 5.92 Å². The standard InChI is InChI=1S/C20H28O6P2/c1-3-5-12-18(4-2)17-23-27(21)26-28(22,24-19-13-8-6-9-14-19)25-20-15-10-7-11-16-20/h6-11,13-16,18,21H,3-5,12,17H2,1-2H3. The minimum Gasteiger partial charge on any atom is -0.395 e. The van der Waals surface area contributed by atoms with Crippen molar-refractivity contribution in [3.8, 4) is 11.5 Å². The van der Waals surface area contributed by atoms with Gasteiger partial charge in [0.2, 0.25) is 0 Å². The van der Waals surface area contributed by atoms with Crippen molar-refractivity contribution >= 4 is 16.4 Å². The zero-order valence-electron chi connectivity index (χ0n) is 16.3. The van der Waals surface area contributed by atoms with E-state index >= 15 is 0 Å². The molecule has 2 aromatic carbocycles. The molecule has 0 saturated carbocycles. The van der Waals surface area contributed by atoms with Gasteiger partial charge in [-0.1, -0.05) is 69.5 Å². The van der Waals surface area contributed by atoms with E-state index in [1.807, 2.05) is 0 Å². The van der Waals surface area contributed by atoms with Gasteiger partial charge in [-0.25, -0.2) is 4.57 Å². The molecule has 0 aromatic heterocycles. The summed E-state index contributed by atoms with van der Waals surface area (Å²) in [6, 6.07) is 17.1. The molecule has 2 aromatic rings. The van der Waals surface area contributed by atoms with Crippen molar-refractivity contribution in [3.63, 3.8) is 0 Å². The predicted octanol–water partition coefficient (Wildman–Crippen LogP) is 6.72. The van der Waals surface area contributed by atoms with Crippen LogP contribution in [-0.4, -0.2) is 11.5 Å². The largest absolute Gasteiger partial charge is 0.594 e. The molecule has 2 rings (SSSR count). The van der Waals surface area contributed by atoms with Gasteiger partial charge in [-0.2, -0.15) is 4.31 Å². The molecule has 6 nitrogen and oxygen atoms in total. The molecule has 0 aliphatic carbocycles. The van der Waals surface area contributed by atoms with Gasteiger partial charge in [0.25, 0.3) is 0 Å². The van der Waals surface area contributed by atoms with Crippen LogP contribution in [0, 0.1) is 5.92 Å². The maximum Gasteiger partial charge on any atom is 0.594 e. The average molecular weight is 426 g/mol. The van der Waals surface area contributed by atoms with Crippen LogP contribution in [0.4, 0.5) is 0 Å². The van der Waals surface area contributed by atoms with Crippen LogP contribution < -0.4 is 9.05 Å². The zero-order valence-corrected chi connectivity index (χ0v) is 18.1. The lowest BCUT2D eigenvalue weighted by atomic mass is 10.0. The molecule has 0 radical (unpaired) electrons. The first-order chi connectivity index (χ1) is 13.5. The highest BCUT2D eigenvalue weighted by Crippen LogP contribution is 2.59. The summed E-state index contributed by atoms with van der Waals surface area (Å²) in [4.78, 5) is 10.2. The lowest BCUT2D eigenvalue weighted by Crippen LogP contribution is -2.08. The van der Waals surface area contributed by atoms with Gasteiger partial charge in [-0.15, -0.1) is 0 Å². The highest BCUT2D eigenvalue weighted by atomic mass is 31.3. The van der Waals surface area contributed by atoms with Crippen LogP contribution in [0.2, 0.25) is 0 Å². The summed E-state index contributed by atoms with van der Waals surface area (Å²) >= 11 is 0. The van der Waals surface area contributed by atoms with Crippen LogP contribution in [0.1, 0.15) is 39.5 Å². The number of phosphoric ester groups is 1. The van der Waals surface area contributed by atoms with E-state index in [0.29, 0.717) is 24.0 Å². The van der Waals surface area contributed by atoms with Crippen LogP contribution in [0.3, 0.4) is 0 Å². The molecule has 0 fully saturated rings. The Bertz CT molecular complexity index is 668. The molecule has 0 heterocycles. The molecule has 1 N–H and O–H groups in total. The SMILES string of the molecule is CCCCC(CC)COP(O)OP(=O)(Oc1ccccc1)Oc1ccccc1. The topological polar surface area (TPSA) is 74.2 Å². The molecule has 2 atom stereocenters. The molecular weight excluding hydrogens is 398 g/mol. The summed E-state index contributed by atoms with van der Waals surface area (Å²) in [5.41, 5.74) is 0. The zero-order chi connectivity index (χ0) is 20.2. The molecular formula is C20H28O6P2. The third kappa shape index (κ3) is 8.30. The van der Waals surface area contributed by atoms with Gasteiger partial charge in [0.05, 0.1) is 6.61 Å². The van der Waals surface area contributed by atoms with Crippen molar-refractivity contribution < 1.29 is 27.3 Å². The Balaban J connectivity index is 2.02. The van der Waals surface area contributed by atoms with Gasteiger partial charge < -0.3 is 18.5 Å². The Labute approximate surface area is 168 Å². The van der Waals surface area contributed by atoms with Crippen LogP contribution >= 0.6 is 16.4 Å². The first kappa shape index (κ1) is 22.9. The Morgan fingerprint density at radius 2 is 1.50 bits per heavy atom. The minimum absolute atomic E-state index is 0.305. The third-order valence-corrected chi connectivity index (χ3v) is 6.65. The Hall–Kier alpha value is -1.42. The van der Waals surface area contributed by atoms with E-state index in [-0.39, 0.29) is 0 Å².